The number of hydrogen-bond acceptors (Lipinski definition) is 1. The monoisotopic (exact) mass is 816 g/mol. The number of hydrogen-bond donors (Lipinski definition) is 0. The van der Waals surface area contributed by atoms with E-state index in [-0.39, 0.29) is 0 Å². The molecular formula is C62H44N2. The molecule has 1 aromatic heterocycles. The molecule has 0 amide bonds. The van der Waals surface area contributed by atoms with Crippen LogP contribution in [0.15, 0.2) is 237 Å². The summed E-state index contributed by atoms with van der Waals surface area (Å²) in [5.74, 6) is 0. The van der Waals surface area contributed by atoms with Crippen LogP contribution in [-0.2, 0) is 6.42 Å². The maximum Gasteiger partial charge on any atom is 0.0543 e. The molecule has 11 aromatic rings. The van der Waals surface area contributed by atoms with E-state index in [2.05, 4.69) is 252 Å². The standard InChI is InChI=1S/C62H44N2/c1-2-21-51(22-3-1)64-60-29-11-9-25-58(60)62-57(27-14-30-61(62)64)50-20-12-19-49(42-50)56-24-8-10-28-59(56)63(52-37-33-44(34-38-52)48-32-31-43-15-4-5-17-47(43)41-48)53-39-35-46(36-40-53)55-26-13-18-45-16-6-7-23-54(45)55/h1-10,12-28,30-42H,11,29H2. The zero-order valence-corrected chi connectivity index (χ0v) is 35.4. The third-order valence-corrected chi connectivity index (χ3v) is 13.0. The minimum Gasteiger partial charge on any atom is -0.313 e. The number of nitrogens with zero attached hydrogens (tertiary/aromatic N) is 2. The average Bonchev–Trinajstić information content (AvgIpc) is 3.72. The van der Waals surface area contributed by atoms with Crippen LogP contribution >= 0.6 is 0 Å². The first-order valence-electron chi connectivity index (χ1n) is 22.3. The molecule has 0 N–H and O–H groups in total. The fraction of sp³-hybridized carbons (Fsp3) is 0.0323. The third kappa shape index (κ3) is 6.60. The summed E-state index contributed by atoms with van der Waals surface area (Å²) in [4.78, 5) is 2.42. The van der Waals surface area contributed by atoms with Crippen molar-refractivity contribution in [2.75, 3.05) is 4.90 Å². The summed E-state index contributed by atoms with van der Waals surface area (Å²) < 4.78 is 2.48. The van der Waals surface area contributed by atoms with Gasteiger partial charge in [0.1, 0.15) is 0 Å². The zero-order valence-electron chi connectivity index (χ0n) is 35.4. The number of fused-ring (bicyclic) bond motifs is 5. The van der Waals surface area contributed by atoms with Crippen LogP contribution in [0.3, 0.4) is 0 Å². The second-order valence-electron chi connectivity index (χ2n) is 16.8. The lowest BCUT2D eigenvalue weighted by Crippen LogP contribution is -2.11. The Balaban J connectivity index is 0.986. The number of allylic oxidation sites excluding steroid dienone is 1. The molecule has 0 aliphatic heterocycles. The summed E-state index contributed by atoms with van der Waals surface area (Å²) >= 11 is 0. The van der Waals surface area contributed by atoms with Crippen molar-refractivity contribution in [3.05, 3.63) is 248 Å². The van der Waals surface area contributed by atoms with Crippen LogP contribution in [0.2, 0.25) is 0 Å². The predicted octanol–water partition coefficient (Wildman–Crippen LogP) is 17.0. The van der Waals surface area contributed by atoms with E-state index in [1.165, 1.54) is 88.3 Å². The van der Waals surface area contributed by atoms with Crippen molar-refractivity contribution in [2.45, 2.75) is 12.8 Å². The lowest BCUT2D eigenvalue weighted by Gasteiger charge is -2.28. The van der Waals surface area contributed by atoms with Gasteiger partial charge in [-0.3, -0.25) is 0 Å². The fourth-order valence-electron chi connectivity index (χ4n) is 10.0. The van der Waals surface area contributed by atoms with Gasteiger partial charge in [0.2, 0.25) is 0 Å². The Morgan fingerprint density at radius 1 is 0.391 bits per heavy atom. The first kappa shape index (κ1) is 37.6. The Kier molecular flexibility index (Phi) is 9.34. The van der Waals surface area contributed by atoms with Gasteiger partial charge in [-0.15, -0.1) is 0 Å². The number of aromatic nitrogens is 1. The van der Waals surface area contributed by atoms with Crippen LogP contribution < -0.4 is 4.90 Å². The van der Waals surface area contributed by atoms with E-state index in [1.54, 1.807) is 0 Å². The van der Waals surface area contributed by atoms with Crippen LogP contribution in [-0.4, -0.2) is 4.57 Å². The van der Waals surface area contributed by atoms with Gasteiger partial charge in [0.25, 0.3) is 0 Å². The summed E-state index contributed by atoms with van der Waals surface area (Å²) in [6, 6.07) is 84.3. The molecule has 0 bridgehead atoms. The Labute approximate surface area is 374 Å². The van der Waals surface area contributed by atoms with Crippen LogP contribution in [0, 0.1) is 0 Å². The Morgan fingerprint density at radius 2 is 1.00 bits per heavy atom. The molecule has 0 fully saturated rings. The first-order valence-corrected chi connectivity index (χ1v) is 22.3. The van der Waals surface area contributed by atoms with Gasteiger partial charge in [-0.1, -0.05) is 182 Å². The van der Waals surface area contributed by atoms with Crippen molar-refractivity contribution in [2.24, 2.45) is 0 Å². The molecular weight excluding hydrogens is 773 g/mol. The third-order valence-electron chi connectivity index (χ3n) is 13.0. The van der Waals surface area contributed by atoms with Crippen LogP contribution in [0.5, 0.6) is 0 Å². The molecule has 1 heterocycles. The molecule has 2 heteroatoms. The lowest BCUT2D eigenvalue weighted by molar-refractivity contribution is 0.888. The Bertz CT molecular complexity index is 3530. The van der Waals surface area contributed by atoms with Crippen LogP contribution in [0.1, 0.15) is 17.7 Å². The topological polar surface area (TPSA) is 8.17 Å². The highest BCUT2D eigenvalue weighted by molar-refractivity contribution is 6.04. The molecule has 0 atom stereocenters. The highest BCUT2D eigenvalue weighted by Gasteiger charge is 2.23. The van der Waals surface area contributed by atoms with E-state index in [0.717, 1.165) is 35.5 Å². The maximum atomic E-state index is 2.48. The minimum absolute atomic E-state index is 1.02. The second-order valence-corrected chi connectivity index (χ2v) is 16.8. The van der Waals surface area contributed by atoms with Gasteiger partial charge in [0.15, 0.2) is 0 Å². The van der Waals surface area contributed by atoms with Crippen molar-refractivity contribution < 1.29 is 0 Å². The minimum atomic E-state index is 1.02. The van der Waals surface area contributed by atoms with Gasteiger partial charge >= 0.3 is 0 Å². The van der Waals surface area contributed by atoms with Crippen LogP contribution in [0.4, 0.5) is 17.1 Å². The number of anilines is 3. The zero-order chi connectivity index (χ0) is 42.4. The van der Waals surface area contributed by atoms with Crippen molar-refractivity contribution in [3.8, 4) is 50.2 Å². The molecule has 0 saturated carbocycles. The first-order chi connectivity index (χ1) is 31.7. The summed E-state index contributed by atoms with van der Waals surface area (Å²) in [5, 5.41) is 6.31. The SMILES string of the molecule is C1=Cc2c(n(-c3ccccc3)c3cccc(-c4cccc(-c5ccccc5N(c5ccc(-c6ccc7ccccc7c6)cc5)c5ccc(-c6cccc7ccccc67)cc5)c4)c23)CC1. The smallest absolute Gasteiger partial charge is 0.0543 e. The largest absolute Gasteiger partial charge is 0.313 e. The van der Waals surface area contributed by atoms with E-state index in [0.29, 0.717) is 0 Å². The summed E-state index contributed by atoms with van der Waals surface area (Å²) in [6.07, 6.45) is 6.74. The van der Waals surface area contributed by atoms with E-state index in [4.69, 9.17) is 0 Å². The molecule has 10 aromatic carbocycles. The lowest BCUT2D eigenvalue weighted by atomic mass is 9.93. The molecule has 1 aliphatic carbocycles. The normalized spacial score (nSPS) is 12.2. The van der Waals surface area contributed by atoms with E-state index < -0.39 is 0 Å². The molecule has 0 radical (unpaired) electrons. The van der Waals surface area contributed by atoms with Crippen molar-refractivity contribution in [3.63, 3.8) is 0 Å². The molecule has 0 saturated heterocycles. The highest BCUT2D eigenvalue weighted by Crippen LogP contribution is 2.45. The van der Waals surface area contributed by atoms with Crippen molar-refractivity contribution in [1.29, 1.82) is 0 Å². The second kappa shape index (κ2) is 15.9. The number of rotatable bonds is 8. The fourth-order valence-corrected chi connectivity index (χ4v) is 10.0. The predicted molar refractivity (Wildman–Crippen MR) is 272 cm³/mol. The Morgan fingerprint density at radius 3 is 1.83 bits per heavy atom. The van der Waals surface area contributed by atoms with Gasteiger partial charge in [-0.05, 0) is 134 Å². The quantitative estimate of drug-likeness (QED) is 0.148. The highest BCUT2D eigenvalue weighted by atomic mass is 15.1. The molecule has 1 aliphatic rings. The number of benzene rings is 10. The summed E-state index contributed by atoms with van der Waals surface area (Å²) in [5.41, 5.74) is 18.1. The average molecular weight is 817 g/mol. The molecule has 0 spiro atoms. The molecule has 64 heavy (non-hydrogen) atoms. The molecule has 0 unspecified atom stereocenters. The van der Waals surface area contributed by atoms with Crippen molar-refractivity contribution >= 4 is 55.6 Å². The van der Waals surface area contributed by atoms with E-state index in [9.17, 15) is 0 Å². The molecule has 2 nitrogen and oxygen atoms in total. The molecule has 12 rings (SSSR count). The van der Waals surface area contributed by atoms with Gasteiger partial charge in [0, 0.05) is 39.3 Å². The van der Waals surface area contributed by atoms with Gasteiger partial charge in [0.05, 0.1) is 11.2 Å². The summed E-state index contributed by atoms with van der Waals surface area (Å²) in [7, 11) is 0. The van der Waals surface area contributed by atoms with E-state index in [1.807, 2.05) is 0 Å². The van der Waals surface area contributed by atoms with Crippen LogP contribution in [0.25, 0.3) is 88.7 Å². The molecule has 302 valence electrons. The summed E-state index contributed by atoms with van der Waals surface area (Å²) in [6.45, 7) is 0. The van der Waals surface area contributed by atoms with E-state index >= 15 is 0 Å². The maximum absolute atomic E-state index is 2.48. The Hall–Kier alpha value is -8.20. The van der Waals surface area contributed by atoms with Gasteiger partial charge in [-0.2, -0.15) is 0 Å². The number of para-hydroxylation sites is 2. The van der Waals surface area contributed by atoms with Crippen molar-refractivity contribution in [1.82, 2.24) is 4.57 Å². The van der Waals surface area contributed by atoms with Gasteiger partial charge < -0.3 is 9.47 Å². The van der Waals surface area contributed by atoms with Gasteiger partial charge in [-0.25, -0.2) is 0 Å².